The van der Waals surface area contributed by atoms with Crippen LogP contribution >= 0.6 is 0 Å². The van der Waals surface area contributed by atoms with Crippen molar-refractivity contribution in [3.05, 3.63) is 0 Å². The van der Waals surface area contributed by atoms with E-state index in [0.717, 1.165) is 44.6 Å². The second-order valence-electron chi connectivity index (χ2n) is 7.82. The summed E-state index contributed by atoms with van der Waals surface area (Å²) in [6, 6.07) is 1.38. The van der Waals surface area contributed by atoms with Gasteiger partial charge in [-0.25, -0.2) is 0 Å². The highest BCUT2D eigenvalue weighted by Crippen LogP contribution is 2.26. The van der Waals surface area contributed by atoms with Crippen LogP contribution in [0.5, 0.6) is 0 Å². The average Bonchev–Trinajstić information content (AvgIpc) is 3.21. The van der Waals surface area contributed by atoms with E-state index in [9.17, 15) is 0 Å². The predicted octanol–water partition coefficient (Wildman–Crippen LogP) is 1.75. The zero-order chi connectivity index (χ0) is 17.5. The zero-order valence-electron chi connectivity index (χ0n) is 16.1. The highest BCUT2D eigenvalue weighted by atomic mass is 16.5. The smallest absolute Gasteiger partial charge is 0.191 e. The van der Waals surface area contributed by atoms with Gasteiger partial charge < -0.3 is 25.0 Å². The molecule has 0 bridgehead atoms. The molecule has 0 aromatic carbocycles. The maximum absolute atomic E-state index is 5.80. The van der Waals surface area contributed by atoms with Crippen molar-refractivity contribution in [3.63, 3.8) is 0 Å². The lowest BCUT2D eigenvalue weighted by Gasteiger charge is -2.38. The predicted molar refractivity (Wildman–Crippen MR) is 101 cm³/mol. The average molecular weight is 353 g/mol. The van der Waals surface area contributed by atoms with E-state index in [4.69, 9.17) is 9.47 Å². The van der Waals surface area contributed by atoms with E-state index in [2.05, 4.69) is 20.5 Å². The second kappa shape index (κ2) is 9.19. The van der Waals surface area contributed by atoms with Gasteiger partial charge in [-0.2, -0.15) is 0 Å². The third kappa shape index (κ3) is 5.08. The van der Waals surface area contributed by atoms with Crippen LogP contribution in [-0.2, 0) is 9.47 Å². The second-order valence-corrected chi connectivity index (χ2v) is 7.82. The molecule has 3 fully saturated rings. The topological polar surface area (TPSA) is 58.1 Å². The Kier molecular flexibility index (Phi) is 6.96. The summed E-state index contributed by atoms with van der Waals surface area (Å²) in [7, 11) is 3.66. The van der Waals surface area contributed by atoms with Crippen molar-refractivity contribution in [1.82, 2.24) is 15.5 Å². The Morgan fingerprint density at radius 3 is 2.44 bits per heavy atom. The number of nitrogens with one attached hydrogen (secondary N) is 2. The van der Waals surface area contributed by atoms with Crippen LogP contribution in [0.3, 0.4) is 0 Å². The number of methoxy groups -OCH3 is 1. The SMILES string of the molecule is CN=C(NCC1(OC)CCOCC1)NC1CCN(C2CCCC2)CC1. The summed E-state index contributed by atoms with van der Waals surface area (Å²) in [5.74, 6) is 0.905. The molecule has 1 saturated carbocycles. The van der Waals surface area contributed by atoms with Gasteiger partial charge in [-0.1, -0.05) is 12.8 Å². The molecule has 6 heteroatoms. The Morgan fingerprint density at radius 2 is 1.84 bits per heavy atom. The van der Waals surface area contributed by atoms with Crippen LogP contribution in [0.25, 0.3) is 0 Å². The number of guanidine groups is 1. The van der Waals surface area contributed by atoms with Crippen LogP contribution < -0.4 is 10.6 Å². The molecular weight excluding hydrogens is 316 g/mol. The molecule has 0 unspecified atom stereocenters. The molecule has 3 rings (SSSR count). The number of likely N-dealkylation sites (tertiary alicyclic amines) is 1. The number of nitrogens with zero attached hydrogens (tertiary/aromatic N) is 2. The Labute approximate surface area is 152 Å². The van der Waals surface area contributed by atoms with E-state index in [1.165, 1.54) is 51.6 Å². The molecule has 0 atom stereocenters. The Balaban J connectivity index is 1.42. The van der Waals surface area contributed by atoms with E-state index in [0.29, 0.717) is 6.04 Å². The Morgan fingerprint density at radius 1 is 1.16 bits per heavy atom. The van der Waals surface area contributed by atoms with Gasteiger partial charge in [0.15, 0.2) is 5.96 Å². The van der Waals surface area contributed by atoms with Crippen molar-refractivity contribution in [3.8, 4) is 0 Å². The number of ether oxygens (including phenoxy) is 2. The maximum atomic E-state index is 5.80. The van der Waals surface area contributed by atoms with E-state index >= 15 is 0 Å². The van der Waals surface area contributed by atoms with Crippen LogP contribution in [0.1, 0.15) is 51.4 Å². The monoisotopic (exact) mass is 352 g/mol. The first kappa shape index (κ1) is 18.9. The summed E-state index contributed by atoms with van der Waals surface area (Å²) >= 11 is 0. The molecule has 144 valence electrons. The molecule has 2 heterocycles. The van der Waals surface area contributed by atoms with Crippen LogP contribution in [-0.4, -0.2) is 75.5 Å². The van der Waals surface area contributed by atoms with Gasteiger partial charge in [-0.05, 0) is 25.7 Å². The van der Waals surface area contributed by atoms with Gasteiger partial charge in [0.25, 0.3) is 0 Å². The number of rotatable bonds is 5. The molecule has 0 aromatic heterocycles. The molecule has 0 aromatic rings. The summed E-state index contributed by atoms with van der Waals surface area (Å²) in [5, 5.41) is 7.11. The number of aliphatic imine (C=N–C) groups is 1. The minimum Gasteiger partial charge on any atom is -0.381 e. The van der Waals surface area contributed by atoms with Crippen molar-refractivity contribution in [2.45, 2.75) is 69.1 Å². The highest BCUT2D eigenvalue weighted by Gasteiger charge is 2.33. The van der Waals surface area contributed by atoms with Gasteiger partial charge in [-0.3, -0.25) is 4.99 Å². The minimum atomic E-state index is -0.123. The van der Waals surface area contributed by atoms with Gasteiger partial charge in [0.2, 0.25) is 0 Å². The van der Waals surface area contributed by atoms with Gasteiger partial charge in [0.1, 0.15) is 0 Å². The van der Waals surface area contributed by atoms with E-state index < -0.39 is 0 Å². The molecule has 0 radical (unpaired) electrons. The van der Waals surface area contributed by atoms with Crippen molar-refractivity contribution in [2.75, 3.05) is 47.0 Å². The van der Waals surface area contributed by atoms with Crippen LogP contribution in [0.4, 0.5) is 0 Å². The van der Waals surface area contributed by atoms with Crippen LogP contribution in [0.15, 0.2) is 4.99 Å². The third-order valence-electron chi connectivity index (χ3n) is 6.35. The molecule has 1 aliphatic carbocycles. The Hall–Kier alpha value is -0.850. The van der Waals surface area contributed by atoms with Crippen molar-refractivity contribution >= 4 is 5.96 Å². The highest BCUT2D eigenvalue weighted by molar-refractivity contribution is 5.80. The fourth-order valence-electron chi connectivity index (χ4n) is 4.51. The largest absolute Gasteiger partial charge is 0.381 e. The Bertz CT molecular complexity index is 423. The van der Waals surface area contributed by atoms with E-state index in [-0.39, 0.29) is 5.60 Å². The molecule has 2 N–H and O–H groups in total. The summed E-state index contributed by atoms with van der Waals surface area (Å²) in [5.41, 5.74) is -0.123. The first-order valence-corrected chi connectivity index (χ1v) is 10.1. The normalized spacial score (nSPS) is 26.7. The van der Waals surface area contributed by atoms with Crippen LogP contribution in [0.2, 0.25) is 0 Å². The first-order valence-electron chi connectivity index (χ1n) is 10.1. The summed E-state index contributed by atoms with van der Waals surface area (Å²) in [4.78, 5) is 7.13. The van der Waals surface area contributed by atoms with Crippen LogP contribution in [0, 0.1) is 0 Å². The van der Waals surface area contributed by atoms with Gasteiger partial charge in [0, 0.05) is 71.9 Å². The van der Waals surface area contributed by atoms with Crippen molar-refractivity contribution < 1.29 is 9.47 Å². The third-order valence-corrected chi connectivity index (χ3v) is 6.35. The van der Waals surface area contributed by atoms with Gasteiger partial charge >= 0.3 is 0 Å². The summed E-state index contributed by atoms with van der Waals surface area (Å²) in [6.45, 7) is 4.78. The zero-order valence-corrected chi connectivity index (χ0v) is 16.1. The van der Waals surface area contributed by atoms with Crippen molar-refractivity contribution in [1.29, 1.82) is 0 Å². The number of hydrogen-bond donors (Lipinski definition) is 2. The number of piperidine rings is 1. The molecule has 0 amide bonds. The lowest BCUT2D eigenvalue weighted by Crippen LogP contribution is -2.54. The van der Waals surface area contributed by atoms with E-state index in [1.54, 1.807) is 0 Å². The number of hydrogen-bond acceptors (Lipinski definition) is 4. The van der Waals surface area contributed by atoms with Gasteiger partial charge in [-0.15, -0.1) is 0 Å². The molecule has 2 saturated heterocycles. The molecule has 6 nitrogen and oxygen atoms in total. The minimum absolute atomic E-state index is 0.123. The fraction of sp³-hybridized carbons (Fsp3) is 0.947. The molecule has 25 heavy (non-hydrogen) atoms. The molecule has 3 aliphatic rings. The summed E-state index contributed by atoms with van der Waals surface area (Å²) < 4.78 is 11.3. The van der Waals surface area contributed by atoms with Gasteiger partial charge in [0.05, 0.1) is 5.60 Å². The lowest BCUT2D eigenvalue weighted by atomic mass is 9.94. The lowest BCUT2D eigenvalue weighted by molar-refractivity contribution is -0.0855. The van der Waals surface area contributed by atoms with Crippen molar-refractivity contribution in [2.24, 2.45) is 4.99 Å². The molecule has 0 spiro atoms. The van der Waals surface area contributed by atoms with E-state index in [1.807, 2.05) is 14.2 Å². The molecular formula is C19H36N4O2. The molecule has 2 aliphatic heterocycles. The maximum Gasteiger partial charge on any atom is 0.191 e. The fourth-order valence-corrected chi connectivity index (χ4v) is 4.51. The quantitative estimate of drug-likeness (QED) is 0.583. The summed E-state index contributed by atoms with van der Waals surface area (Å²) in [6.07, 6.45) is 9.95. The standard InChI is InChI=1S/C19H36N4O2/c1-20-18(21-15-19(24-2)9-13-25-14-10-19)22-16-7-11-23(12-8-16)17-5-3-4-6-17/h16-17H,3-15H2,1-2H3,(H2,20,21,22). The first-order chi connectivity index (χ1) is 12.2.